The van der Waals surface area contributed by atoms with E-state index >= 15 is 0 Å². The molecule has 19 heavy (non-hydrogen) atoms. The second-order valence-electron chi connectivity index (χ2n) is 4.91. The number of imidazole rings is 1. The molecule has 0 amide bonds. The number of hydrogen-bond acceptors (Lipinski definition) is 3. The van der Waals surface area contributed by atoms with Crippen LogP contribution in [-0.2, 0) is 13.5 Å². The Morgan fingerprint density at radius 2 is 2.21 bits per heavy atom. The average Bonchev–Trinajstić information content (AvgIpc) is 3.03. The summed E-state index contributed by atoms with van der Waals surface area (Å²) in [6, 6.07) is 8.52. The number of pyridine rings is 1. The van der Waals surface area contributed by atoms with Crippen molar-refractivity contribution in [3.63, 3.8) is 0 Å². The first kappa shape index (κ1) is 10.6. The highest BCUT2D eigenvalue weighted by molar-refractivity contribution is 5.80. The summed E-state index contributed by atoms with van der Waals surface area (Å²) in [4.78, 5) is 8.82. The standard InChI is InChI=1S/C15H14N4/c1-19-14-5-6-16-9-13(14)18-15(19)11-2-3-12-10(8-11)4-7-17-12/h2-3,5-6,8-9,17H,4,7H2,1H3. The van der Waals surface area contributed by atoms with Crippen LogP contribution in [0.1, 0.15) is 5.56 Å². The monoisotopic (exact) mass is 250 g/mol. The number of anilines is 1. The first-order valence-electron chi connectivity index (χ1n) is 6.46. The fraction of sp³-hybridized carbons (Fsp3) is 0.200. The van der Waals surface area contributed by atoms with Crippen molar-refractivity contribution in [2.75, 3.05) is 11.9 Å². The molecule has 0 unspecified atom stereocenters. The van der Waals surface area contributed by atoms with Gasteiger partial charge in [0.1, 0.15) is 11.3 Å². The predicted octanol–water partition coefficient (Wildman–Crippen LogP) is 2.60. The maximum absolute atomic E-state index is 4.69. The molecule has 2 aromatic heterocycles. The lowest BCUT2D eigenvalue weighted by atomic mass is 10.1. The van der Waals surface area contributed by atoms with E-state index in [2.05, 4.69) is 45.1 Å². The maximum Gasteiger partial charge on any atom is 0.140 e. The Morgan fingerprint density at radius 3 is 3.11 bits per heavy atom. The van der Waals surface area contributed by atoms with Crippen molar-refractivity contribution in [2.24, 2.45) is 7.05 Å². The average molecular weight is 250 g/mol. The second-order valence-corrected chi connectivity index (χ2v) is 4.91. The Balaban J connectivity index is 1.92. The molecule has 4 rings (SSSR count). The van der Waals surface area contributed by atoms with E-state index in [0.717, 1.165) is 29.8 Å². The lowest BCUT2D eigenvalue weighted by Gasteiger charge is -2.05. The molecule has 1 aliphatic heterocycles. The molecule has 1 N–H and O–H groups in total. The zero-order valence-electron chi connectivity index (χ0n) is 10.7. The van der Waals surface area contributed by atoms with Gasteiger partial charge in [-0.3, -0.25) is 4.98 Å². The first-order valence-corrected chi connectivity index (χ1v) is 6.46. The van der Waals surface area contributed by atoms with E-state index in [1.54, 1.807) is 6.20 Å². The van der Waals surface area contributed by atoms with Crippen LogP contribution < -0.4 is 5.32 Å². The number of fused-ring (bicyclic) bond motifs is 2. The quantitative estimate of drug-likeness (QED) is 0.722. The van der Waals surface area contributed by atoms with E-state index in [4.69, 9.17) is 0 Å². The molecule has 3 aromatic rings. The van der Waals surface area contributed by atoms with E-state index in [-0.39, 0.29) is 0 Å². The number of aryl methyl sites for hydroxylation is 1. The van der Waals surface area contributed by atoms with E-state index < -0.39 is 0 Å². The van der Waals surface area contributed by atoms with Crippen LogP contribution in [0.25, 0.3) is 22.4 Å². The van der Waals surface area contributed by atoms with Crippen LogP contribution in [0.3, 0.4) is 0 Å². The molecule has 0 atom stereocenters. The number of rotatable bonds is 1. The topological polar surface area (TPSA) is 42.7 Å². The molecular formula is C15H14N4. The molecule has 0 saturated heterocycles. The minimum atomic E-state index is 0.943. The number of benzene rings is 1. The molecule has 0 spiro atoms. The summed E-state index contributed by atoms with van der Waals surface area (Å²) >= 11 is 0. The van der Waals surface area contributed by atoms with Gasteiger partial charge in [-0.25, -0.2) is 4.98 Å². The zero-order valence-corrected chi connectivity index (χ0v) is 10.7. The van der Waals surface area contributed by atoms with Gasteiger partial charge in [-0.2, -0.15) is 0 Å². The summed E-state index contributed by atoms with van der Waals surface area (Å²) in [5.74, 6) is 0.998. The highest BCUT2D eigenvalue weighted by Gasteiger charge is 2.14. The second kappa shape index (κ2) is 3.82. The number of aromatic nitrogens is 3. The lowest BCUT2D eigenvalue weighted by Crippen LogP contribution is -1.93. The van der Waals surface area contributed by atoms with Crippen molar-refractivity contribution in [1.29, 1.82) is 0 Å². The van der Waals surface area contributed by atoms with Gasteiger partial charge in [0.25, 0.3) is 0 Å². The summed E-state index contributed by atoms with van der Waals surface area (Å²) in [6.07, 6.45) is 4.71. The molecule has 4 nitrogen and oxygen atoms in total. The number of nitrogens with zero attached hydrogens (tertiary/aromatic N) is 3. The fourth-order valence-electron chi connectivity index (χ4n) is 2.75. The Bertz CT molecular complexity index is 773. The highest BCUT2D eigenvalue weighted by atomic mass is 15.1. The van der Waals surface area contributed by atoms with Crippen LogP contribution in [0.2, 0.25) is 0 Å². The summed E-state index contributed by atoms with van der Waals surface area (Å²) < 4.78 is 2.13. The van der Waals surface area contributed by atoms with Crippen LogP contribution >= 0.6 is 0 Å². The maximum atomic E-state index is 4.69. The molecule has 4 heteroatoms. The third kappa shape index (κ3) is 1.53. The highest BCUT2D eigenvalue weighted by Crippen LogP contribution is 2.29. The molecule has 1 aromatic carbocycles. The Kier molecular flexibility index (Phi) is 2.12. The normalized spacial score (nSPS) is 13.5. The van der Waals surface area contributed by atoms with Gasteiger partial charge < -0.3 is 9.88 Å². The first-order chi connectivity index (χ1) is 9.33. The van der Waals surface area contributed by atoms with Crippen LogP contribution in [0.5, 0.6) is 0 Å². The van der Waals surface area contributed by atoms with Crippen molar-refractivity contribution in [3.8, 4) is 11.4 Å². The van der Waals surface area contributed by atoms with E-state index in [1.165, 1.54) is 16.8 Å². The van der Waals surface area contributed by atoms with E-state index in [0.29, 0.717) is 0 Å². The third-order valence-corrected chi connectivity index (χ3v) is 3.76. The molecule has 1 aliphatic rings. The van der Waals surface area contributed by atoms with Crippen molar-refractivity contribution >= 4 is 16.7 Å². The molecule has 0 aliphatic carbocycles. The van der Waals surface area contributed by atoms with Gasteiger partial charge in [0, 0.05) is 31.0 Å². The zero-order chi connectivity index (χ0) is 12.8. The van der Waals surface area contributed by atoms with Crippen LogP contribution in [0, 0.1) is 0 Å². The largest absolute Gasteiger partial charge is 0.384 e. The van der Waals surface area contributed by atoms with Crippen LogP contribution in [0.15, 0.2) is 36.7 Å². The summed E-state index contributed by atoms with van der Waals surface area (Å²) in [5, 5.41) is 3.38. The van der Waals surface area contributed by atoms with Gasteiger partial charge >= 0.3 is 0 Å². The molecule has 3 heterocycles. The van der Waals surface area contributed by atoms with Crippen molar-refractivity contribution in [1.82, 2.24) is 14.5 Å². The smallest absolute Gasteiger partial charge is 0.140 e. The molecular weight excluding hydrogens is 236 g/mol. The minimum absolute atomic E-state index is 0.943. The summed E-state index contributed by atoms with van der Waals surface area (Å²) in [7, 11) is 2.05. The fourth-order valence-corrected chi connectivity index (χ4v) is 2.75. The Labute approximate surface area is 111 Å². The molecule has 0 saturated carbocycles. The van der Waals surface area contributed by atoms with Crippen molar-refractivity contribution in [2.45, 2.75) is 6.42 Å². The Morgan fingerprint density at radius 1 is 1.26 bits per heavy atom. The van der Waals surface area contributed by atoms with Gasteiger partial charge in [0.15, 0.2) is 0 Å². The van der Waals surface area contributed by atoms with Gasteiger partial charge in [0.2, 0.25) is 0 Å². The third-order valence-electron chi connectivity index (χ3n) is 3.76. The number of nitrogens with one attached hydrogen (secondary N) is 1. The van der Waals surface area contributed by atoms with Gasteiger partial charge in [0.05, 0.1) is 11.7 Å². The van der Waals surface area contributed by atoms with E-state index in [1.807, 2.05) is 12.3 Å². The van der Waals surface area contributed by atoms with Gasteiger partial charge in [-0.05, 0) is 36.2 Å². The Hall–Kier alpha value is -2.36. The molecule has 0 radical (unpaired) electrons. The molecule has 0 bridgehead atoms. The van der Waals surface area contributed by atoms with Crippen molar-refractivity contribution < 1.29 is 0 Å². The lowest BCUT2D eigenvalue weighted by molar-refractivity contribution is 0.958. The van der Waals surface area contributed by atoms with Crippen LogP contribution in [0.4, 0.5) is 5.69 Å². The van der Waals surface area contributed by atoms with Crippen molar-refractivity contribution in [3.05, 3.63) is 42.2 Å². The van der Waals surface area contributed by atoms with Crippen LogP contribution in [-0.4, -0.2) is 21.1 Å². The van der Waals surface area contributed by atoms with Gasteiger partial charge in [-0.15, -0.1) is 0 Å². The minimum Gasteiger partial charge on any atom is -0.384 e. The summed E-state index contributed by atoms with van der Waals surface area (Å²) in [5.41, 5.74) is 5.86. The predicted molar refractivity (Wildman–Crippen MR) is 76.1 cm³/mol. The summed E-state index contributed by atoms with van der Waals surface area (Å²) in [6.45, 7) is 1.03. The molecule has 0 fully saturated rings. The van der Waals surface area contributed by atoms with Gasteiger partial charge in [-0.1, -0.05) is 0 Å². The molecule has 94 valence electrons. The number of hydrogen-bond donors (Lipinski definition) is 1. The van der Waals surface area contributed by atoms with E-state index in [9.17, 15) is 0 Å². The SMILES string of the molecule is Cn1c(-c2ccc3c(c2)CCN3)nc2cnccc21.